The van der Waals surface area contributed by atoms with E-state index in [4.69, 9.17) is 10.5 Å². The molecule has 1 aliphatic rings. The molecule has 7 nitrogen and oxygen atoms in total. The topological polar surface area (TPSA) is 98.7 Å². The normalized spacial score (nSPS) is 19.4. The molecule has 1 saturated heterocycles. The number of nitrogens with two attached hydrogens (primary N) is 1. The molecule has 2 aromatic rings. The third-order valence-electron chi connectivity index (χ3n) is 4.88. The summed E-state index contributed by atoms with van der Waals surface area (Å²) in [6.07, 6.45) is 0. The smallest absolute Gasteiger partial charge is 0.310 e. The summed E-state index contributed by atoms with van der Waals surface area (Å²) in [6.45, 7) is 1.63. The zero-order valence-electron chi connectivity index (χ0n) is 14.5. The Kier molecular flexibility index (Phi) is 5.18. The lowest BCUT2D eigenvalue weighted by Gasteiger charge is -2.17. The van der Waals surface area contributed by atoms with E-state index in [1.54, 1.807) is 4.90 Å². The van der Waals surface area contributed by atoms with Crippen LogP contribution in [0.3, 0.4) is 0 Å². The predicted octanol–water partition coefficient (Wildman–Crippen LogP) is 2.42. The number of nitro benzene ring substituents is 1. The van der Waals surface area contributed by atoms with Crippen LogP contribution in [-0.4, -0.2) is 42.5 Å². The van der Waals surface area contributed by atoms with E-state index in [1.165, 1.54) is 30.9 Å². The standard InChI is InChI=1S/C19H21N3O4/c1-26-18-9-14(7-8-17(18)22(24)25)19(23)21-11-15(10-20)16(12-21)13-5-3-2-4-6-13/h2-9,15-16H,10-12,20H2,1H3/t15-,16+/m1/s1. The minimum atomic E-state index is -0.529. The van der Waals surface area contributed by atoms with Crippen molar-refractivity contribution in [3.05, 3.63) is 69.8 Å². The predicted molar refractivity (Wildman–Crippen MR) is 97.3 cm³/mol. The SMILES string of the molecule is COc1cc(C(=O)N2C[C@@H](CN)[C@H](c3ccccc3)C2)ccc1[N+](=O)[O-]. The van der Waals surface area contributed by atoms with Crippen molar-refractivity contribution >= 4 is 11.6 Å². The number of hydrogen-bond donors (Lipinski definition) is 1. The molecule has 0 aliphatic carbocycles. The average Bonchev–Trinajstić information content (AvgIpc) is 3.11. The third kappa shape index (κ3) is 3.39. The Morgan fingerprint density at radius 1 is 1.27 bits per heavy atom. The van der Waals surface area contributed by atoms with Gasteiger partial charge in [0.15, 0.2) is 5.75 Å². The Balaban J connectivity index is 1.83. The molecule has 1 heterocycles. The molecule has 0 spiro atoms. The first-order valence-corrected chi connectivity index (χ1v) is 8.42. The first-order valence-electron chi connectivity index (χ1n) is 8.42. The van der Waals surface area contributed by atoms with Crippen LogP contribution in [-0.2, 0) is 0 Å². The van der Waals surface area contributed by atoms with E-state index >= 15 is 0 Å². The van der Waals surface area contributed by atoms with Gasteiger partial charge in [-0.1, -0.05) is 30.3 Å². The molecule has 0 bridgehead atoms. The summed E-state index contributed by atoms with van der Waals surface area (Å²) in [6, 6.07) is 14.2. The molecule has 2 N–H and O–H groups in total. The molecule has 1 amide bonds. The Hall–Kier alpha value is -2.93. The fourth-order valence-corrected chi connectivity index (χ4v) is 3.50. The number of rotatable bonds is 5. The van der Waals surface area contributed by atoms with E-state index in [0.29, 0.717) is 25.2 Å². The molecule has 1 fully saturated rings. The van der Waals surface area contributed by atoms with Gasteiger partial charge in [-0.3, -0.25) is 14.9 Å². The number of carbonyl (C=O) groups is 1. The van der Waals surface area contributed by atoms with Crippen LogP contribution in [0.1, 0.15) is 21.8 Å². The van der Waals surface area contributed by atoms with Gasteiger partial charge in [0.2, 0.25) is 0 Å². The molecule has 26 heavy (non-hydrogen) atoms. The average molecular weight is 355 g/mol. The lowest BCUT2D eigenvalue weighted by atomic mass is 9.89. The van der Waals surface area contributed by atoms with Gasteiger partial charge in [-0.25, -0.2) is 0 Å². The van der Waals surface area contributed by atoms with Crippen molar-refractivity contribution in [2.75, 3.05) is 26.7 Å². The molecular weight excluding hydrogens is 334 g/mol. The number of hydrogen-bond acceptors (Lipinski definition) is 5. The maximum Gasteiger partial charge on any atom is 0.310 e. The summed E-state index contributed by atoms with van der Waals surface area (Å²) in [4.78, 5) is 25.1. The second-order valence-electron chi connectivity index (χ2n) is 6.37. The van der Waals surface area contributed by atoms with Crippen molar-refractivity contribution in [2.45, 2.75) is 5.92 Å². The van der Waals surface area contributed by atoms with Crippen LogP contribution in [0.25, 0.3) is 0 Å². The van der Waals surface area contributed by atoms with E-state index in [0.717, 1.165) is 0 Å². The number of nitrogens with zero attached hydrogens (tertiary/aromatic N) is 2. The highest BCUT2D eigenvalue weighted by Gasteiger charge is 2.35. The quantitative estimate of drug-likeness (QED) is 0.656. The van der Waals surface area contributed by atoms with Gasteiger partial charge < -0.3 is 15.4 Å². The fraction of sp³-hybridized carbons (Fsp3) is 0.316. The lowest BCUT2D eigenvalue weighted by Crippen LogP contribution is -2.29. The van der Waals surface area contributed by atoms with Crippen molar-refractivity contribution in [2.24, 2.45) is 11.7 Å². The molecule has 1 aliphatic heterocycles. The van der Waals surface area contributed by atoms with Gasteiger partial charge in [0, 0.05) is 36.7 Å². The number of amides is 1. The van der Waals surface area contributed by atoms with E-state index < -0.39 is 4.92 Å². The van der Waals surface area contributed by atoms with Gasteiger partial charge in [0.1, 0.15) is 0 Å². The fourth-order valence-electron chi connectivity index (χ4n) is 3.50. The van der Waals surface area contributed by atoms with Crippen molar-refractivity contribution < 1.29 is 14.5 Å². The zero-order valence-corrected chi connectivity index (χ0v) is 14.5. The minimum Gasteiger partial charge on any atom is -0.490 e. The van der Waals surface area contributed by atoms with Crippen molar-refractivity contribution in [3.63, 3.8) is 0 Å². The van der Waals surface area contributed by atoms with E-state index in [1.807, 2.05) is 18.2 Å². The second-order valence-corrected chi connectivity index (χ2v) is 6.37. The molecule has 3 rings (SSSR count). The molecule has 0 saturated carbocycles. The van der Waals surface area contributed by atoms with Gasteiger partial charge in [0.05, 0.1) is 12.0 Å². The molecule has 2 aromatic carbocycles. The highest BCUT2D eigenvalue weighted by molar-refractivity contribution is 5.95. The Morgan fingerprint density at radius 3 is 2.62 bits per heavy atom. The highest BCUT2D eigenvalue weighted by Crippen LogP contribution is 2.34. The van der Waals surface area contributed by atoms with Crippen LogP contribution in [0.5, 0.6) is 5.75 Å². The number of nitro groups is 1. The van der Waals surface area contributed by atoms with Crippen LogP contribution in [0.15, 0.2) is 48.5 Å². The number of carbonyl (C=O) groups excluding carboxylic acids is 1. The molecule has 2 atom stereocenters. The maximum atomic E-state index is 12.9. The second kappa shape index (κ2) is 7.53. The molecular formula is C19H21N3O4. The van der Waals surface area contributed by atoms with Crippen molar-refractivity contribution in [1.82, 2.24) is 4.90 Å². The van der Waals surface area contributed by atoms with Crippen LogP contribution in [0.4, 0.5) is 5.69 Å². The maximum absolute atomic E-state index is 12.9. The van der Waals surface area contributed by atoms with Crippen LogP contribution >= 0.6 is 0 Å². The summed E-state index contributed by atoms with van der Waals surface area (Å²) in [5, 5.41) is 11.0. The van der Waals surface area contributed by atoms with Gasteiger partial charge in [-0.05, 0) is 24.1 Å². The third-order valence-corrected chi connectivity index (χ3v) is 4.88. The monoisotopic (exact) mass is 355 g/mol. The summed E-state index contributed by atoms with van der Waals surface area (Å²) in [5.74, 6) is 0.275. The van der Waals surface area contributed by atoms with Crippen molar-refractivity contribution in [1.29, 1.82) is 0 Å². The Labute approximate surface area is 151 Å². The highest BCUT2D eigenvalue weighted by atomic mass is 16.6. The molecule has 0 aromatic heterocycles. The largest absolute Gasteiger partial charge is 0.490 e. The lowest BCUT2D eigenvalue weighted by molar-refractivity contribution is -0.385. The minimum absolute atomic E-state index is 0.0787. The van der Waals surface area contributed by atoms with Crippen LogP contribution < -0.4 is 10.5 Å². The zero-order chi connectivity index (χ0) is 18.7. The number of likely N-dealkylation sites (tertiary alicyclic amines) is 1. The first kappa shape index (κ1) is 17.9. The first-order chi connectivity index (χ1) is 12.5. The van der Waals surface area contributed by atoms with E-state index in [-0.39, 0.29) is 29.2 Å². The van der Waals surface area contributed by atoms with Crippen molar-refractivity contribution in [3.8, 4) is 5.75 Å². The number of methoxy groups -OCH3 is 1. The molecule has 0 unspecified atom stereocenters. The van der Waals surface area contributed by atoms with E-state index in [9.17, 15) is 14.9 Å². The molecule has 7 heteroatoms. The molecule has 0 radical (unpaired) electrons. The van der Waals surface area contributed by atoms with Crippen LogP contribution in [0, 0.1) is 16.0 Å². The van der Waals surface area contributed by atoms with E-state index in [2.05, 4.69) is 12.1 Å². The number of ether oxygens (including phenoxy) is 1. The summed E-state index contributed by atoms with van der Waals surface area (Å²) < 4.78 is 5.06. The summed E-state index contributed by atoms with van der Waals surface area (Å²) in [5.41, 5.74) is 7.31. The number of benzene rings is 2. The Morgan fingerprint density at radius 2 is 2.00 bits per heavy atom. The van der Waals surface area contributed by atoms with Gasteiger partial charge in [-0.2, -0.15) is 0 Å². The van der Waals surface area contributed by atoms with Gasteiger partial charge in [0.25, 0.3) is 5.91 Å². The van der Waals surface area contributed by atoms with Gasteiger partial charge in [-0.15, -0.1) is 0 Å². The van der Waals surface area contributed by atoms with Gasteiger partial charge >= 0.3 is 5.69 Å². The van der Waals surface area contributed by atoms with Crippen LogP contribution in [0.2, 0.25) is 0 Å². The summed E-state index contributed by atoms with van der Waals surface area (Å²) in [7, 11) is 1.35. The molecule has 136 valence electrons. The summed E-state index contributed by atoms with van der Waals surface area (Å²) >= 11 is 0. The Bertz CT molecular complexity index is 810.